The van der Waals surface area contributed by atoms with Crippen LogP contribution in [0.25, 0.3) is 0 Å². The van der Waals surface area contributed by atoms with E-state index >= 15 is 0 Å². The summed E-state index contributed by atoms with van der Waals surface area (Å²) < 4.78 is 0. The second-order valence-corrected chi connectivity index (χ2v) is 10.8. The number of hydrogen-bond donors (Lipinski definition) is 1. The van der Waals surface area contributed by atoms with E-state index in [-0.39, 0.29) is 23.2 Å². The van der Waals surface area contributed by atoms with Crippen molar-refractivity contribution in [1.29, 1.82) is 0 Å². The van der Waals surface area contributed by atoms with Crippen LogP contribution in [0.4, 0.5) is 17.2 Å². The van der Waals surface area contributed by atoms with Crippen LogP contribution in [0.15, 0.2) is 42.6 Å². The summed E-state index contributed by atoms with van der Waals surface area (Å²) in [5.41, 5.74) is 3.57. The summed E-state index contributed by atoms with van der Waals surface area (Å²) >= 11 is 0. The van der Waals surface area contributed by atoms with Crippen LogP contribution in [-0.4, -0.2) is 77.5 Å². The molecular formula is C27H38N6O3. The van der Waals surface area contributed by atoms with Gasteiger partial charge in [-0.05, 0) is 51.9 Å². The number of anilines is 2. The van der Waals surface area contributed by atoms with E-state index < -0.39 is 4.92 Å². The second kappa shape index (κ2) is 11.2. The molecule has 2 fully saturated rings. The zero-order valence-electron chi connectivity index (χ0n) is 21.7. The molecule has 0 atom stereocenters. The van der Waals surface area contributed by atoms with Gasteiger partial charge in [-0.2, -0.15) is 0 Å². The lowest BCUT2D eigenvalue weighted by Gasteiger charge is -2.37. The Morgan fingerprint density at radius 2 is 1.69 bits per heavy atom. The molecule has 0 unspecified atom stereocenters. The van der Waals surface area contributed by atoms with Crippen LogP contribution in [0.1, 0.15) is 45.6 Å². The molecule has 194 valence electrons. The Kier molecular flexibility index (Phi) is 8.08. The van der Waals surface area contributed by atoms with Gasteiger partial charge < -0.3 is 25.2 Å². The van der Waals surface area contributed by atoms with E-state index in [0.29, 0.717) is 6.42 Å². The maximum atomic E-state index is 12.8. The number of likely N-dealkylation sites (tertiary alicyclic amines) is 1. The van der Waals surface area contributed by atoms with Crippen molar-refractivity contribution in [2.24, 2.45) is 0 Å². The lowest BCUT2D eigenvalue weighted by molar-refractivity contribution is -0.389. The number of hydrogen-bond acceptors (Lipinski definition) is 7. The quantitative estimate of drug-likeness (QED) is 0.461. The maximum absolute atomic E-state index is 12.8. The third-order valence-corrected chi connectivity index (χ3v) is 7.27. The van der Waals surface area contributed by atoms with Crippen LogP contribution in [0.2, 0.25) is 0 Å². The summed E-state index contributed by atoms with van der Waals surface area (Å²) in [7, 11) is 0. The molecule has 3 heterocycles. The number of nitro groups is 1. The lowest BCUT2D eigenvalue weighted by Crippen LogP contribution is -2.48. The number of carbonyl (C=O) groups is 1. The lowest BCUT2D eigenvalue weighted by atomic mass is 9.87. The van der Waals surface area contributed by atoms with E-state index in [1.807, 2.05) is 4.90 Å². The zero-order valence-corrected chi connectivity index (χ0v) is 21.7. The molecule has 2 aliphatic rings. The van der Waals surface area contributed by atoms with E-state index in [1.165, 1.54) is 23.5 Å². The van der Waals surface area contributed by atoms with Crippen molar-refractivity contribution in [3.8, 4) is 0 Å². The van der Waals surface area contributed by atoms with E-state index in [4.69, 9.17) is 0 Å². The SMILES string of the molecule is CC(C)(C)c1ccc(N2CCN(CCC(=O)N3CCC(Nc4ccc([N+](=O)[O-])nc4)CC3)CC2)cc1. The summed E-state index contributed by atoms with van der Waals surface area (Å²) in [5.74, 6) is 0.0720. The van der Waals surface area contributed by atoms with Gasteiger partial charge in [0.2, 0.25) is 5.91 Å². The summed E-state index contributed by atoms with van der Waals surface area (Å²) in [6, 6.07) is 12.3. The first-order valence-corrected chi connectivity index (χ1v) is 12.9. The van der Waals surface area contributed by atoms with Crippen LogP contribution in [0, 0.1) is 10.1 Å². The molecule has 1 aromatic carbocycles. The number of nitrogens with one attached hydrogen (secondary N) is 1. The van der Waals surface area contributed by atoms with Crippen molar-refractivity contribution >= 4 is 23.1 Å². The second-order valence-electron chi connectivity index (χ2n) is 10.8. The molecule has 2 saturated heterocycles. The minimum Gasteiger partial charge on any atom is -0.379 e. The minimum atomic E-state index is -0.501. The van der Waals surface area contributed by atoms with Crippen LogP contribution in [0.5, 0.6) is 0 Å². The number of piperidine rings is 1. The first-order valence-electron chi connectivity index (χ1n) is 12.9. The van der Waals surface area contributed by atoms with Gasteiger partial charge in [0.25, 0.3) is 0 Å². The maximum Gasteiger partial charge on any atom is 0.363 e. The van der Waals surface area contributed by atoms with Crippen molar-refractivity contribution < 1.29 is 9.72 Å². The van der Waals surface area contributed by atoms with Gasteiger partial charge in [-0.3, -0.25) is 9.69 Å². The fraction of sp³-hybridized carbons (Fsp3) is 0.556. The molecule has 1 amide bonds. The summed E-state index contributed by atoms with van der Waals surface area (Å²) in [6.07, 6.45) is 3.77. The van der Waals surface area contributed by atoms with E-state index in [1.54, 1.807) is 6.07 Å². The Morgan fingerprint density at radius 3 is 2.25 bits per heavy atom. The third kappa shape index (κ3) is 6.72. The molecule has 0 saturated carbocycles. The number of amides is 1. The molecule has 0 aliphatic carbocycles. The molecule has 0 radical (unpaired) electrons. The van der Waals surface area contributed by atoms with Crippen molar-refractivity contribution in [3.63, 3.8) is 0 Å². The monoisotopic (exact) mass is 494 g/mol. The highest BCUT2D eigenvalue weighted by atomic mass is 16.6. The highest BCUT2D eigenvalue weighted by molar-refractivity contribution is 5.76. The topological polar surface area (TPSA) is 94.8 Å². The van der Waals surface area contributed by atoms with Crippen molar-refractivity contribution in [2.45, 2.75) is 51.5 Å². The molecule has 2 aromatic rings. The molecule has 4 rings (SSSR count). The molecule has 0 spiro atoms. The van der Waals surface area contributed by atoms with E-state index in [0.717, 1.165) is 64.3 Å². The normalized spacial score (nSPS) is 17.8. The molecule has 1 N–H and O–H groups in total. The fourth-order valence-corrected chi connectivity index (χ4v) is 4.90. The van der Waals surface area contributed by atoms with Gasteiger partial charge in [-0.1, -0.05) is 32.9 Å². The molecule has 9 nitrogen and oxygen atoms in total. The average molecular weight is 495 g/mol. The molecule has 2 aliphatic heterocycles. The average Bonchev–Trinajstić information content (AvgIpc) is 2.88. The summed E-state index contributed by atoms with van der Waals surface area (Å²) in [5, 5.41) is 14.1. The first-order chi connectivity index (χ1) is 17.2. The first kappa shape index (κ1) is 25.9. The Morgan fingerprint density at radius 1 is 1.03 bits per heavy atom. The van der Waals surface area contributed by atoms with Crippen LogP contribution >= 0.6 is 0 Å². The molecule has 36 heavy (non-hydrogen) atoms. The number of carbonyl (C=O) groups excluding carboxylic acids is 1. The number of pyridine rings is 1. The van der Waals surface area contributed by atoms with Crippen LogP contribution < -0.4 is 10.2 Å². The highest BCUT2D eigenvalue weighted by Gasteiger charge is 2.24. The molecule has 1 aromatic heterocycles. The number of benzene rings is 1. The Hall–Kier alpha value is -3.20. The third-order valence-electron chi connectivity index (χ3n) is 7.27. The van der Waals surface area contributed by atoms with Gasteiger partial charge in [0.15, 0.2) is 6.20 Å². The summed E-state index contributed by atoms with van der Waals surface area (Å²) in [6.45, 7) is 12.9. The van der Waals surface area contributed by atoms with Gasteiger partial charge >= 0.3 is 5.82 Å². The number of aromatic nitrogens is 1. The largest absolute Gasteiger partial charge is 0.379 e. The predicted octanol–water partition coefficient (Wildman–Crippen LogP) is 3.90. The van der Waals surface area contributed by atoms with Gasteiger partial charge in [0.1, 0.15) is 0 Å². The standard InChI is InChI=1S/C27H38N6O3/c1-27(2,3)21-4-7-24(8-5-21)31-18-16-30(17-19-31)13-12-26(34)32-14-10-22(11-15-32)29-23-6-9-25(28-20-23)33(35)36/h4-9,20,22,29H,10-19H2,1-3H3. The Balaban J connectivity index is 1.15. The van der Waals surface area contributed by atoms with E-state index in [2.05, 4.69) is 65.1 Å². The van der Waals surface area contributed by atoms with Crippen molar-refractivity contribution in [2.75, 3.05) is 56.0 Å². The van der Waals surface area contributed by atoms with Crippen molar-refractivity contribution in [1.82, 2.24) is 14.8 Å². The van der Waals surface area contributed by atoms with E-state index in [9.17, 15) is 14.9 Å². The van der Waals surface area contributed by atoms with Crippen LogP contribution in [0.3, 0.4) is 0 Å². The molecule has 0 bridgehead atoms. The van der Waals surface area contributed by atoms with Crippen LogP contribution in [-0.2, 0) is 10.2 Å². The highest BCUT2D eigenvalue weighted by Crippen LogP contribution is 2.25. The zero-order chi connectivity index (χ0) is 25.7. The van der Waals surface area contributed by atoms with Gasteiger partial charge in [-0.25, -0.2) is 0 Å². The fourth-order valence-electron chi connectivity index (χ4n) is 4.90. The Bertz CT molecular complexity index is 1020. The number of rotatable bonds is 7. The summed E-state index contributed by atoms with van der Waals surface area (Å²) in [4.78, 5) is 33.7. The predicted molar refractivity (Wildman–Crippen MR) is 143 cm³/mol. The van der Waals surface area contributed by atoms with Crippen molar-refractivity contribution in [3.05, 3.63) is 58.3 Å². The molecule has 9 heteroatoms. The van der Waals surface area contributed by atoms with Gasteiger partial charge in [0, 0.05) is 70.0 Å². The van der Waals surface area contributed by atoms with Gasteiger partial charge in [-0.15, -0.1) is 0 Å². The minimum absolute atomic E-state index is 0.155. The number of nitrogens with zero attached hydrogens (tertiary/aromatic N) is 5. The molecular weight excluding hydrogens is 456 g/mol. The smallest absolute Gasteiger partial charge is 0.363 e. The number of piperazine rings is 1. The Labute approximate surface area is 213 Å². The van der Waals surface area contributed by atoms with Gasteiger partial charge in [0.05, 0.1) is 5.69 Å².